The van der Waals surface area contributed by atoms with Crippen LogP contribution in [-0.2, 0) is 0 Å². The van der Waals surface area contributed by atoms with Crippen LogP contribution in [0.15, 0.2) is 139 Å². The third-order valence-corrected chi connectivity index (χ3v) is 9.50. The Morgan fingerprint density at radius 3 is 1.33 bits per heavy atom. The van der Waals surface area contributed by atoms with Gasteiger partial charge in [-0.3, -0.25) is 0 Å². The molecule has 1 saturated carbocycles. The lowest BCUT2D eigenvalue weighted by Crippen LogP contribution is -2.16. The first-order valence-corrected chi connectivity index (χ1v) is 16.7. The minimum atomic E-state index is 1.15. The van der Waals surface area contributed by atoms with E-state index in [4.69, 9.17) is 0 Å². The van der Waals surface area contributed by atoms with E-state index in [9.17, 15) is 0 Å². The van der Waals surface area contributed by atoms with Crippen molar-refractivity contribution in [2.45, 2.75) is 52.9 Å². The van der Waals surface area contributed by atoms with Gasteiger partial charge in [-0.2, -0.15) is 0 Å². The van der Waals surface area contributed by atoms with Gasteiger partial charge in [-0.15, -0.1) is 0 Å². The van der Waals surface area contributed by atoms with Gasteiger partial charge in [0.2, 0.25) is 0 Å². The average Bonchev–Trinajstić information content (AvgIpc) is 3.11. The third-order valence-electron chi connectivity index (χ3n) is 9.50. The van der Waals surface area contributed by atoms with Gasteiger partial charge in [0.1, 0.15) is 0 Å². The van der Waals surface area contributed by atoms with Gasteiger partial charge in [-0.1, -0.05) is 109 Å². The number of nitrogens with zero attached hydrogens (tertiary/aromatic N) is 2. The Labute approximate surface area is 274 Å². The molecular formula is C44H42N2. The summed E-state index contributed by atoms with van der Waals surface area (Å²) in [6.45, 7) is 6.72. The SMILES string of the molecule is Cc1ccc(N(c2ccccc2)c2c(C)c(C)c(N(c3ccccc3)c3ccc(C=C4CCCCC4)cc3)c3ccccc23)cc1. The molecule has 6 aromatic carbocycles. The average molecular weight is 599 g/mol. The zero-order chi connectivity index (χ0) is 31.5. The zero-order valence-corrected chi connectivity index (χ0v) is 27.2. The van der Waals surface area contributed by atoms with Gasteiger partial charge < -0.3 is 9.80 Å². The predicted molar refractivity (Wildman–Crippen MR) is 199 cm³/mol. The summed E-state index contributed by atoms with van der Waals surface area (Å²) in [6.07, 6.45) is 8.88. The second kappa shape index (κ2) is 13.1. The number of fused-ring (bicyclic) bond motifs is 1. The number of anilines is 6. The third kappa shape index (κ3) is 5.84. The van der Waals surface area contributed by atoms with Gasteiger partial charge >= 0.3 is 0 Å². The van der Waals surface area contributed by atoms with Crippen molar-refractivity contribution < 1.29 is 0 Å². The minimum Gasteiger partial charge on any atom is -0.310 e. The molecule has 46 heavy (non-hydrogen) atoms. The van der Waals surface area contributed by atoms with Crippen LogP contribution in [0.3, 0.4) is 0 Å². The van der Waals surface area contributed by atoms with Crippen LogP contribution < -0.4 is 9.80 Å². The molecule has 0 radical (unpaired) electrons. The molecule has 228 valence electrons. The highest BCUT2D eigenvalue weighted by atomic mass is 15.2. The molecular weight excluding hydrogens is 556 g/mol. The molecule has 0 unspecified atom stereocenters. The number of aryl methyl sites for hydroxylation is 1. The molecule has 6 aromatic rings. The van der Waals surface area contributed by atoms with E-state index in [2.05, 4.69) is 170 Å². The Bertz CT molecular complexity index is 1960. The number of allylic oxidation sites excluding steroid dienone is 1. The lowest BCUT2D eigenvalue weighted by atomic mass is 9.93. The van der Waals surface area contributed by atoms with E-state index < -0.39 is 0 Å². The van der Waals surface area contributed by atoms with Gasteiger partial charge in [0.25, 0.3) is 0 Å². The van der Waals surface area contributed by atoms with E-state index in [0.29, 0.717) is 0 Å². The summed E-state index contributed by atoms with van der Waals surface area (Å²) in [4.78, 5) is 4.87. The molecule has 0 atom stereocenters. The quantitative estimate of drug-likeness (QED) is 0.180. The minimum absolute atomic E-state index is 1.15. The van der Waals surface area contributed by atoms with Crippen LogP contribution in [0.1, 0.15) is 54.4 Å². The second-order valence-corrected chi connectivity index (χ2v) is 12.6. The van der Waals surface area contributed by atoms with Gasteiger partial charge in [0.15, 0.2) is 0 Å². The fourth-order valence-electron chi connectivity index (χ4n) is 7.00. The van der Waals surface area contributed by atoms with Crippen LogP contribution in [0.25, 0.3) is 16.8 Å². The number of rotatable bonds is 7. The molecule has 0 saturated heterocycles. The molecule has 0 heterocycles. The highest BCUT2D eigenvalue weighted by Gasteiger charge is 2.25. The monoisotopic (exact) mass is 598 g/mol. The molecule has 1 fully saturated rings. The Morgan fingerprint density at radius 1 is 0.435 bits per heavy atom. The van der Waals surface area contributed by atoms with Crippen LogP contribution in [0.4, 0.5) is 34.1 Å². The Hall–Kier alpha value is -5.08. The Morgan fingerprint density at radius 2 is 0.848 bits per heavy atom. The maximum absolute atomic E-state index is 2.45. The van der Waals surface area contributed by atoms with Crippen molar-refractivity contribution in [3.8, 4) is 0 Å². The largest absolute Gasteiger partial charge is 0.310 e. The molecule has 1 aliphatic carbocycles. The summed E-state index contributed by atoms with van der Waals surface area (Å²) < 4.78 is 0. The first-order chi connectivity index (χ1) is 22.6. The van der Waals surface area contributed by atoms with E-state index >= 15 is 0 Å². The molecule has 2 nitrogen and oxygen atoms in total. The van der Waals surface area contributed by atoms with Crippen molar-refractivity contribution in [2.24, 2.45) is 0 Å². The predicted octanol–water partition coefficient (Wildman–Crippen LogP) is 13.1. The lowest BCUT2D eigenvalue weighted by molar-refractivity contribution is 0.602. The molecule has 0 N–H and O–H groups in total. The summed E-state index contributed by atoms with van der Waals surface area (Å²) in [6, 6.07) is 48.5. The van der Waals surface area contributed by atoms with Crippen LogP contribution in [0, 0.1) is 20.8 Å². The summed E-state index contributed by atoms with van der Waals surface area (Å²) in [5, 5.41) is 2.45. The first kappa shape index (κ1) is 29.6. The molecule has 0 bridgehead atoms. The van der Waals surface area contributed by atoms with Crippen molar-refractivity contribution in [3.63, 3.8) is 0 Å². The molecule has 2 heteroatoms. The normalized spacial score (nSPS) is 13.1. The van der Waals surface area contributed by atoms with Crippen LogP contribution in [-0.4, -0.2) is 0 Å². The van der Waals surface area contributed by atoms with Crippen molar-refractivity contribution in [3.05, 3.63) is 161 Å². The summed E-state index contributed by atoms with van der Waals surface area (Å²) in [5.41, 5.74) is 13.7. The maximum atomic E-state index is 2.45. The van der Waals surface area contributed by atoms with Crippen molar-refractivity contribution in [1.82, 2.24) is 0 Å². The number of benzene rings is 6. The molecule has 7 rings (SSSR count). The smallest absolute Gasteiger partial charge is 0.0573 e. The van der Waals surface area contributed by atoms with Crippen LogP contribution >= 0.6 is 0 Å². The highest BCUT2D eigenvalue weighted by molar-refractivity contribution is 6.10. The van der Waals surface area contributed by atoms with Crippen LogP contribution in [0.2, 0.25) is 0 Å². The second-order valence-electron chi connectivity index (χ2n) is 12.6. The number of hydrogen-bond donors (Lipinski definition) is 0. The number of para-hydroxylation sites is 2. The standard InChI is InChI=1S/C44H42N2/c1-32-23-27-39(28-24-32)45(37-17-9-5-10-18-37)43-33(2)34(3)44(42-22-14-13-21-41(42)43)46(38-19-11-6-12-20-38)40-29-25-36(26-30-40)31-35-15-7-4-8-16-35/h5-6,9-14,17-31H,4,7-8,15-16H2,1-3H3. The fourth-order valence-corrected chi connectivity index (χ4v) is 7.00. The Kier molecular flexibility index (Phi) is 8.44. The van der Waals surface area contributed by atoms with E-state index in [1.54, 1.807) is 5.57 Å². The maximum Gasteiger partial charge on any atom is 0.0573 e. The van der Waals surface area contributed by atoms with Gasteiger partial charge in [-0.25, -0.2) is 0 Å². The van der Waals surface area contributed by atoms with Crippen molar-refractivity contribution >= 4 is 51.0 Å². The molecule has 0 aromatic heterocycles. The number of hydrogen-bond acceptors (Lipinski definition) is 2. The van der Waals surface area contributed by atoms with E-state index in [1.807, 2.05) is 0 Å². The highest BCUT2D eigenvalue weighted by Crippen LogP contribution is 2.49. The fraction of sp³-hybridized carbons (Fsp3) is 0.182. The zero-order valence-electron chi connectivity index (χ0n) is 27.2. The molecule has 1 aliphatic rings. The summed E-state index contributed by atoms with van der Waals surface area (Å²) in [5.74, 6) is 0. The molecule has 0 aliphatic heterocycles. The van der Waals surface area contributed by atoms with Gasteiger partial charge in [-0.05, 0) is 112 Å². The van der Waals surface area contributed by atoms with Gasteiger partial charge in [0.05, 0.1) is 11.4 Å². The summed E-state index contributed by atoms with van der Waals surface area (Å²) >= 11 is 0. The van der Waals surface area contributed by atoms with Crippen molar-refractivity contribution in [1.29, 1.82) is 0 Å². The summed E-state index contributed by atoms with van der Waals surface area (Å²) in [7, 11) is 0. The van der Waals surface area contributed by atoms with Crippen molar-refractivity contribution in [2.75, 3.05) is 9.80 Å². The molecule has 0 spiro atoms. The van der Waals surface area contributed by atoms with Gasteiger partial charge in [0, 0.05) is 33.5 Å². The van der Waals surface area contributed by atoms with E-state index in [1.165, 1.54) is 76.5 Å². The first-order valence-electron chi connectivity index (χ1n) is 16.7. The van der Waals surface area contributed by atoms with E-state index in [-0.39, 0.29) is 0 Å². The van der Waals surface area contributed by atoms with E-state index in [0.717, 1.165) is 22.7 Å². The lowest BCUT2D eigenvalue weighted by Gasteiger charge is -2.34. The molecule has 0 amide bonds. The topological polar surface area (TPSA) is 6.48 Å². The Balaban J connectivity index is 1.43. The van der Waals surface area contributed by atoms with Crippen LogP contribution in [0.5, 0.6) is 0 Å².